The van der Waals surface area contributed by atoms with Crippen LogP contribution in [0.3, 0.4) is 0 Å². The van der Waals surface area contributed by atoms with Crippen molar-refractivity contribution in [1.82, 2.24) is 45.0 Å². The largest absolute Gasteiger partial charge is 0.481 e. The Morgan fingerprint density at radius 2 is 1.05 bits per heavy atom. The fraction of sp³-hybridized carbons (Fsp3) is 0.795. The molecule has 0 unspecified atom stereocenters. The van der Waals surface area contributed by atoms with E-state index in [1.807, 2.05) is 0 Å². The fourth-order valence-corrected chi connectivity index (χ4v) is 24.9. The van der Waals surface area contributed by atoms with Gasteiger partial charge in [0.1, 0.15) is 19.0 Å². The summed E-state index contributed by atoms with van der Waals surface area (Å²) in [6, 6.07) is -0.173. The van der Waals surface area contributed by atoms with E-state index in [9.17, 15) is 24.6 Å². The van der Waals surface area contributed by atoms with Crippen LogP contribution < -0.4 is 22.7 Å². The van der Waals surface area contributed by atoms with E-state index < -0.39 is 28.9 Å². The van der Waals surface area contributed by atoms with Gasteiger partial charge < -0.3 is 45.5 Å². The molecule has 10 aliphatic rings. The fourth-order valence-electron chi connectivity index (χ4n) is 24.9. The number of nitrogens with one attached hydrogen (secondary N) is 1. The van der Waals surface area contributed by atoms with E-state index in [4.69, 9.17) is 46.3 Å². The molecule has 2 aliphatic heterocycles. The number of aliphatic carboxylic acids is 2. The number of nitrogens with zero attached hydrogens (tertiary/aromatic N) is 9. The first kappa shape index (κ1) is 85.4. The summed E-state index contributed by atoms with van der Waals surface area (Å²) in [5, 5.41) is 27.0. The first-order valence-electron chi connectivity index (χ1n) is 41.5. The normalized spacial score (nSPS) is 40.2. The number of aliphatic imine (C=N–C) groups is 1. The number of nitrogens with two attached hydrogens (primary N) is 3. The van der Waals surface area contributed by atoms with Crippen molar-refractivity contribution in [3.63, 3.8) is 0 Å². The smallest absolute Gasteiger partial charge is 0.307 e. The second-order valence-corrected chi connectivity index (χ2v) is 42.0. The minimum absolute atomic E-state index is 0.0232. The van der Waals surface area contributed by atoms with Gasteiger partial charge in [-0.25, -0.2) is 29.6 Å². The molecule has 8 fully saturated rings. The summed E-state index contributed by atoms with van der Waals surface area (Å²) in [6.45, 7) is 53.1. The van der Waals surface area contributed by atoms with E-state index in [0.29, 0.717) is 86.6 Å². The molecule has 22 nitrogen and oxygen atoms in total. The first-order valence-corrected chi connectivity index (χ1v) is 41.5. The monoisotopic (exact) mass is 1520 g/mol. The molecule has 0 spiro atoms. The van der Waals surface area contributed by atoms with Crippen LogP contribution in [0, 0.1) is 124 Å². The van der Waals surface area contributed by atoms with Gasteiger partial charge in [0.15, 0.2) is 5.82 Å². The van der Waals surface area contributed by atoms with E-state index in [0.717, 1.165) is 88.4 Å². The van der Waals surface area contributed by atoms with Crippen molar-refractivity contribution in [1.29, 1.82) is 0 Å². The van der Waals surface area contributed by atoms with E-state index in [1.54, 1.807) is 37.7 Å². The first-order chi connectivity index (χ1) is 51.0. The van der Waals surface area contributed by atoms with Crippen LogP contribution in [0.15, 0.2) is 72.1 Å². The Balaban J connectivity index is 0.000000190. The number of carboxylic acid groups (broad SMARTS) is 2. The lowest BCUT2D eigenvalue weighted by Gasteiger charge is -2.71. The van der Waals surface area contributed by atoms with Crippen LogP contribution in [0.25, 0.3) is 11.4 Å². The van der Waals surface area contributed by atoms with Gasteiger partial charge in [-0.3, -0.25) is 25.7 Å². The van der Waals surface area contributed by atoms with Crippen LogP contribution in [0.2, 0.25) is 0 Å². The average molecular weight is 1530 g/mol. The van der Waals surface area contributed by atoms with E-state index in [-0.39, 0.29) is 107 Å². The Kier molecular flexibility index (Phi) is 23.3. The Morgan fingerprint density at radius 1 is 0.618 bits per heavy atom. The number of carboxylic acids is 2. The molecule has 24 atom stereocenters. The third kappa shape index (κ3) is 13.7. The minimum atomic E-state index is -0.630. The third-order valence-electron chi connectivity index (χ3n) is 33.9. The van der Waals surface area contributed by atoms with Crippen LogP contribution in [0.4, 0.5) is 0 Å². The van der Waals surface area contributed by atoms with Gasteiger partial charge in [-0.05, 0) is 182 Å². The van der Waals surface area contributed by atoms with Crippen molar-refractivity contribution in [3.8, 4) is 11.4 Å². The summed E-state index contributed by atoms with van der Waals surface area (Å²) in [7, 11) is 3.58. The highest BCUT2D eigenvalue weighted by Crippen LogP contribution is 2.78. The predicted molar refractivity (Wildman–Crippen MR) is 430 cm³/mol. The average Bonchev–Trinajstić information content (AvgIpc) is 0.907. The lowest BCUT2D eigenvalue weighted by molar-refractivity contribution is -0.253. The second-order valence-electron chi connectivity index (χ2n) is 42.0. The Morgan fingerprint density at radius 3 is 1.46 bits per heavy atom. The van der Waals surface area contributed by atoms with Crippen LogP contribution in [-0.2, 0) is 28.5 Å². The number of ether oxygens (including phenoxy) is 4. The number of rotatable bonds is 17. The van der Waals surface area contributed by atoms with Crippen LogP contribution in [0.5, 0.6) is 0 Å². The number of hydrogen-bond donors (Lipinski definition) is 6. The Bertz CT molecular complexity index is 3910. The molecule has 110 heavy (non-hydrogen) atoms. The van der Waals surface area contributed by atoms with Crippen molar-refractivity contribution in [2.45, 2.75) is 265 Å². The zero-order valence-electron chi connectivity index (χ0n) is 71.6. The van der Waals surface area contributed by atoms with E-state index in [2.05, 4.69) is 200 Å². The Labute approximate surface area is 658 Å². The number of hydrazine groups is 1. The summed E-state index contributed by atoms with van der Waals surface area (Å²) in [5.41, 5.74) is 17.5. The number of carbonyl (C=O) groups excluding carboxylic acids is 1. The minimum Gasteiger partial charge on any atom is -0.481 e. The molecule has 3 aromatic heterocycles. The standard InChI is InChI=1S/C43H66N6O4.C37H65N3O4.C8H10N4O/c1-26(2)27(3)38(7)16-17-40(9)29-12-13-32-39(8)21-52-23-43(32,30(29)14-15-41(40,10)33(38)36(50)51)18-31(34(39)53-22-42(11,44)37(4,5)6)49-35(47-25-48-49)28-19-45-24-46-20-28;1-22(2)23(3)32(7)16-17-34(9)24-12-13-27-33(8)19-43-21-37(27,25(24)14-15-35(34,10)28(32)30(41)42)18-26(40-39)29(33)44-20-36(11,38)31(4,5)6;1-12(2)6-11-8(13)7-3-9-5-10-4-7/h14,19-20,24-27,29,31-34H,12-13,15-18,21-23,44H2,1-11H3,(H,50,51);14,22-24,26-29,40H,12-13,15-21,38-39H2,1-11H3,(H,41,42);3-6H,1-2H3/t27-,29+,31-,32+,33-,34+,38-,39-,40-,41+,42+,43+;23-,24+,26-,27+,28-,29+,32-,33-,34-,35+,36+,37+;/m11./s1. The molecule has 0 radical (unpaired) electrons. The molecule has 1 amide bonds. The predicted octanol–water partition coefficient (Wildman–Crippen LogP) is 14.8. The molecule has 0 aromatic carbocycles. The maximum Gasteiger partial charge on any atom is 0.307 e. The lowest BCUT2D eigenvalue weighted by Crippen LogP contribution is -2.72. The van der Waals surface area contributed by atoms with Crippen LogP contribution >= 0.6 is 0 Å². The van der Waals surface area contributed by atoms with Crippen molar-refractivity contribution in [2.24, 2.45) is 146 Å². The van der Waals surface area contributed by atoms with Crippen molar-refractivity contribution in [2.75, 3.05) is 53.7 Å². The second kappa shape index (κ2) is 30.0. The summed E-state index contributed by atoms with van der Waals surface area (Å²) in [5.74, 6) is 7.54. The zero-order chi connectivity index (χ0) is 81.1. The van der Waals surface area contributed by atoms with Crippen molar-refractivity contribution in [3.05, 3.63) is 72.6 Å². The molecule has 9 N–H and O–H groups in total. The number of allylic oxidation sites excluding steroid dienone is 2. The number of carbonyl (C=O) groups is 3. The highest BCUT2D eigenvalue weighted by Gasteiger charge is 2.75. The molecular weight excluding hydrogens is 1380 g/mol. The number of hydrogen-bond acceptors (Lipinski definition) is 17. The van der Waals surface area contributed by atoms with Gasteiger partial charge in [0.05, 0.1) is 87.2 Å². The van der Waals surface area contributed by atoms with Crippen molar-refractivity contribution >= 4 is 24.2 Å². The summed E-state index contributed by atoms with van der Waals surface area (Å²) >= 11 is 0. The molecule has 5 heterocycles. The topological polar surface area (TPSA) is 317 Å². The third-order valence-corrected chi connectivity index (χ3v) is 33.9. The maximum atomic E-state index is 13.6. The quantitative estimate of drug-likeness (QED) is 0.0240. The molecule has 13 rings (SSSR count). The number of amides is 1. The molecule has 3 aromatic rings. The molecule has 4 bridgehead atoms. The van der Waals surface area contributed by atoms with Gasteiger partial charge in [-0.15, -0.1) is 0 Å². The van der Waals surface area contributed by atoms with Crippen molar-refractivity contribution < 1.29 is 43.5 Å². The van der Waals surface area contributed by atoms with Gasteiger partial charge in [-0.1, -0.05) is 162 Å². The zero-order valence-corrected chi connectivity index (χ0v) is 71.6. The SMILES string of the molecule is CC(C)[C@@H](C)[C@@]1(C)CC[C@]2(C)[C@H]3CC[C@@H]4[C@@]5(COC[C@@]4(C)[C@@H](OC[C@](C)(N)C(C)(C)C)[C@H](NN)C5)C3=CC[C@@]2(C)[C@@H]1C(=O)O.CC(C)[C@@H](C)[C@@]1(C)CC[C@]2(C)[C@H]3CC[C@@H]4[C@@]5(COC[C@@]4(C)[C@@H](OC[C@](C)(N)C(C)(C)C)[C@H](n4ncnc4-c4cncnc4)C5)C3=CC[C@@]2(C)[C@@H]1C(=O)O.CN(C)C=NC(=O)c1cncnc1. The van der Waals surface area contributed by atoms with Gasteiger partial charge in [0.25, 0.3) is 5.91 Å². The number of aromatic nitrogens is 7. The molecule has 8 aliphatic carbocycles. The highest BCUT2D eigenvalue weighted by molar-refractivity contribution is 5.98. The lowest BCUT2D eigenvalue weighted by atomic mass is 9.34. The summed E-state index contributed by atoms with van der Waals surface area (Å²) < 4.78 is 29.5. The van der Waals surface area contributed by atoms with Gasteiger partial charge >= 0.3 is 11.9 Å². The van der Waals surface area contributed by atoms with Crippen LogP contribution in [-0.4, -0.2) is 157 Å². The molecule has 612 valence electrons. The maximum absolute atomic E-state index is 13.6. The van der Waals surface area contributed by atoms with Crippen LogP contribution in [0.1, 0.15) is 246 Å². The van der Waals surface area contributed by atoms with Gasteiger partial charge in [-0.2, -0.15) is 10.1 Å². The molecule has 22 heteroatoms. The molecule has 6 saturated carbocycles. The van der Waals surface area contributed by atoms with E-state index >= 15 is 0 Å². The Hall–Kier alpha value is -5.46. The van der Waals surface area contributed by atoms with Gasteiger partial charge in [0, 0.05) is 77.7 Å². The molecule has 2 saturated heterocycles. The van der Waals surface area contributed by atoms with Gasteiger partial charge in [0.2, 0.25) is 0 Å². The summed E-state index contributed by atoms with van der Waals surface area (Å²) in [4.78, 5) is 64.3. The highest BCUT2D eigenvalue weighted by atomic mass is 16.5. The molecular formula is C88H141N13O9. The van der Waals surface area contributed by atoms with E-state index in [1.165, 1.54) is 42.5 Å². The summed E-state index contributed by atoms with van der Waals surface area (Å²) in [6.07, 6.45) is 28.6. The number of fused-ring (bicyclic) bond motifs is 6.